The summed E-state index contributed by atoms with van der Waals surface area (Å²) < 4.78 is 6.29. The van der Waals surface area contributed by atoms with Crippen molar-refractivity contribution in [2.24, 2.45) is 5.73 Å². The van der Waals surface area contributed by atoms with E-state index in [9.17, 15) is 0 Å². The van der Waals surface area contributed by atoms with Gasteiger partial charge in [-0.25, -0.2) is 0 Å². The van der Waals surface area contributed by atoms with Gasteiger partial charge in [0.25, 0.3) is 0 Å². The van der Waals surface area contributed by atoms with Crippen molar-refractivity contribution in [3.05, 3.63) is 51.2 Å². The Balaban J connectivity index is 2.33. The molecule has 0 aliphatic carbocycles. The topological polar surface area (TPSA) is 35.2 Å². The summed E-state index contributed by atoms with van der Waals surface area (Å²) in [4.78, 5) is 1.19. The van der Waals surface area contributed by atoms with Crippen LogP contribution in [0.4, 0.5) is 0 Å². The van der Waals surface area contributed by atoms with Crippen LogP contribution in [0.15, 0.2) is 29.6 Å². The molecule has 3 heteroatoms. The highest BCUT2D eigenvalue weighted by molar-refractivity contribution is 7.10. The second-order valence-corrected chi connectivity index (χ2v) is 6.31. The summed E-state index contributed by atoms with van der Waals surface area (Å²) in [6, 6.07) is 8.44. The van der Waals surface area contributed by atoms with Crippen LogP contribution in [0.2, 0.25) is 0 Å². The first-order valence-electron chi connectivity index (χ1n) is 7.06. The fourth-order valence-electron chi connectivity index (χ4n) is 2.28. The maximum Gasteiger partial charge on any atom is 0.148 e. The van der Waals surface area contributed by atoms with Gasteiger partial charge in [-0.05, 0) is 61.4 Å². The molecule has 2 unspecified atom stereocenters. The Morgan fingerprint density at radius 3 is 2.60 bits per heavy atom. The van der Waals surface area contributed by atoms with Gasteiger partial charge in [-0.15, -0.1) is 11.3 Å². The van der Waals surface area contributed by atoms with Crippen LogP contribution in [0, 0.1) is 20.8 Å². The molecule has 1 heterocycles. The first-order valence-corrected chi connectivity index (χ1v) is 7.94. The van der Waals surface area contributed by atoms with E-state index in [2.05, 4.69) is 51.3 Å². The predicted molar refractivity (Wildman–Crippen MR) is 86.6 cm³/mol. The predicted octanol–water partition coefficient (Wildman–Crippen LogP) is 4.53. The highest BCUT2D eigenvalue weighted by atomic mass is 32.1. The van der Waals surface area contributed by atoms with Gasteiger partial charge in [0.2, 0.25) is 0 Å². The van der Waals surface area contributed by atoms with E-state index in [1.165, 1.54) is 21.6 Å². The Morgan fingerprint density at radius 1 is 1.25 bits per heavy atom. The minimum Gasteiger partial charge on any atom is -0.483 e. The lowest BCUT2D eigenvalue weighted by molar-refractivity contribution is 0.173. The maximum atomic E-state index is 6.29. The molecule has 0 aliphatic heterocycles. The Labute approximate surface area is 125 Å². The molecule has 0 radical (unpaired) electrons. The van der Waals surface area contributed by atoms with Gasteiger partial charge in [-0.3, -0.25) is 0 Å². The second-order valence-electron chi connectivity index (χ2n) is 5.33. The molecule has 0 spiro atoms. The van der Waals surface area contributed by atoms with Crippen LogP contribution in [-0.4, -0.2) is 6.04 Å². The molecule has 2 atom stereocenters. The first-order chi connectivity index (χ1) is 9.52. The molecule has 0 aliphatic rings. The zero-order valence-corrected chi connectivity index (χ0v) is 13.5. The number of hydrogen-bond acceptors (Lipinski definition) is 3. The van der Waals surface area contributed by atoms with Gasteiger partial charge in [0.15, 0.2) is 0 Å². The van der Waals surface area contributed by atoms with Crippen molar-refractivity contribution >= 4 is 11.3 Å². The van der Waals surface area contributed by atoms with Crippen molar-refractivity contribution in [2.45, 2.75) is 46.3 Å². The van der Waals surface area contributed by atoms with Crippen LogP contribution in [0.3, 0.4) is 0 Å². The molecular formula is C17H23NOS. The third-order valence-electron chi connectivity index (χ3n) is 3.70. The number of thiophene rings is 1. The van der Waals surface area contributed by atoms with E-state index in [4.69, 9.17) is 10.5 Å². The van der Waals surface area contributed by atoms with E-state index in [-0.39, 0.29) is 12.1 Å². The summed E-state index contributed by atoms with van der Waals surface area (Å²) in [6.07, 6.45) is 0.826. The first kappa shape index (κ1) is 15.1. The number of hydrogen-bond donors (Lipinski definition) is 1. The summed E-state index contributed by atoms with van der Waals surface area (Å²) in [6.45, 7) is 8.42. The van der Waals surface area contributed by atoms with Crippen molar-refractivity contribution < 1.29 is 4.74 Å². The lowest BCUT2D eigenvalue weighted by atomic mass is 10.0. The van der Waals surface area contributed by atoms with Crippen molar-refractivity contribution in [1.29, 1.82) is 0 Å². The molecule has 20 heavy (non-hydrogen) atoms. The van der Waals surface area contributed by atoms with Crippen LogP contribution in [0.5, 0.6) is 5.75 Å². The van der Waals surface area contributed by atoms with Crippen molar-refractivity contribution in [3.63, 3.8) is 0 Å². The standard InChI is InChI=1S/C17H23NOS/c1-5-14(18)17(16-7-6-8-20-16)19-15-10-11(2)9-12(3)13(15)4/h6-10,14,17H,5,18H2,1-4H3. The average Bonchev–Trinajstić information content (AvgIpc) is 2.94. The number of ether oxygens (including phenoxy) is 1. The van der Waals surface area contributed by atoms with E-state index >= 15 is 0 Å². The molecule has 2 N–H and O–H groups in total. The summed E-state index contributed by atoms with van der Waals surface area (Å²) >= 11 is 1.70. The molecule has 108 valence electrons. The summed E-state index contributed by atoms with van der Waals surface area (Å²) in [5, 5.41) is 2.07. The quantitative estimate of drug-likeness (QED) is 0.877. The fourth-order valence-corrected chi connectivity index (χ4v) is 3.11. The van der Waals surface area contributed by atoms with E-state index in [0.717, 1.165) is 12.2 Å². The Kier molecular flexibility index (Phi) is 4.84. The van der Waals surface area contributed by atoms with E-state index in [1.807, 2.05) is 6.07 Å². The zero-order chi connectivity index (χ0) is 14.7. The molecule has 1 aromatic heterocycles. The zero-order valence-electron chi connectivity index (χ0n) is 12.6. The molecule has 2 nitrogen and oxygen atoms in total. The normalized spacial score (nSPS) is 14.1. The lowest BCUT2D eigenvalue weighted by Gasteiger charge is -2.25. The highest BCUT2D eigenvalue weighted by Gasteiger charge is 2.22. The Bertz CT molecular complexity index is 563. The molecule has 1 aromatic carbocycles. The van der Waals surface area contributed by atoms with E-state index in [0.29, 0.717) is 0 Å². The molecule has 0 fully saturated rings. The van der Waals surface area contributed by atoms with E-state index in [1.54, 1.807) is 11.3 Å². The Morgan fingerprint density at radius 2 is 2.00 bits per heavy atom. The van der Waals surface area contributed by atoms with Gasteiger partial charge < -0.3 is 10.5 Å². The fraction of sp³-hybridized carbons (Fsp3) is 0.412. The van der Waals surface area contributed by atoms with Crippen LogP contribution < -0.4 is 10.5 Å². The van der Waals surface area contributed by atoms with Crippen LogP contribution in [0.1, 0.15) is 41.0 Å². The van der Waals surface area contributed by atoms with Gasteiger partial charge in [-0.1, -0.05) is 19.1 Å². The molecule has 0 amide bonds. The average molecular weight is 289 g/mol. The summed E-state index contributed by atoms with van der Waals surface area (Å²) in [7, 11) is 0. The molecular weight excluding hydrogens is 266 g/mol. The third-order valence-corrected chi connectivity index (χ3v) is 4.64. The number of aryl methyl sites for hydroxylation is 2. The molecule has 2 rings (SSSR count). The second kappa shape index (κ2) is 6.42. The van der Waals surface area contributed by atoms with Crippen LogP contribution >= 0.6 is 11.3 Å². The summed E-state index contributed by atoms with van der Waals surface area (Å²) in [5.74, 6) is 0.949. The van der Waals surface area contributed by atoms with Gasteiger partial charge in [-0.2, -0.15) is 0 Å². The van der Waals surface area contributed by atoms with Gasteiger partial charge in [0.1, 0.15) is 11.9 Å². The van der Waals surface area contributed by atoms with Crippen LogP contribution in [0.25, 0.3) is 0 Å². The van der Waals surface area contributed by atoms with Crippen molar-refractivity contribution in [3.8, 4) is 5.75 Å². The van der Waals surface area contributed by atoms with Crippen molar-refractivity contribution in [1.82, 2.24) is 0 Å². The minimum absolute atomic E-state index is 0.00821. The molecule has 0 saturated heterocycles. The smallest absolute Gasteiger partial charge is 0.148 e. The van der Waals surface area contributed by atoms with Gasteiger partial charge in [0, 0.05) is 10.9 Å². The molecule has 0 bridgehead atoms. The number of rotatable bonds is 5. The van der Waals surface area contributed by atoms with E-state index < -0.39 is 0 Å². The SMILES string of the molecule is CCC(N)C(Oc1cc(C)cc(C)c1C)c1cccs1. The number of nitrogens with two attached hydrogens (primary N) is 1. The van der Waals surface area contributed by atoms with Crippen molar-refractivity contribution in [2.75, 3.05) is 0 Å². The lowest BCUT2D eigenvalue weighted by Crippen LogP contribution is -2.31. The Hall–Kier alpha value is -1.32. The molecule has 2 aromatic rings. The van der Waals surface area contributed by atoms with Crippen LogP contribution in [-0.2, 0) is 0 Å². The highest BCUT2D eigenvalue weighted by Crippen LogP contribution is 2.32. The monoisotopic (exact) mass is 289 g/mol. The minimum atomic E-state index is -0.0695. The van der Waals surface area contributed by atoms with Gasteiger partial charge >= 0.3 is 0 Å². The maximum absolute atomic E-state index is 6.29. The summed E-state index contributed by atoms with van der Waals surface area (Å²) in [5.41, 5.74) is 9.94. The molecule has 0 saturated carbocycles. The number of benzene rings is 1. The third kappa shape index (κ3) is 3.22. The largest absolute Gasteiger partial charge is 0.483 e. The van der Waals surface area contributed by atoms with Gasteiger partial charge in [0.05, 0.1) is 0 Å².